The Balaban J connectivity index is 1.64. The SMILES string of the molecule is COc1cccc(N2CC(NC(=O)Nc3ccc(F)c(C(F)(F)F)c3)CC2=O)c1. The molecule has 1 saturated heterocycles. The van der Waals surface area contributed by atoms with Gasteiger partial charge in [-0.15, -0.1) is 0 Å². The third kappa shape index (κ3) is 4.76. The van der Waals surface area contributed by atoms with Gasteiger partial charge in [0.2, 0.25) is 5.91 Å². The zero-order valence-corrected chi connectivity index (χ0v) is 15.2. The number of methoxy groups -OCH3 is 1. The van der Waals surface area contributed by atoms with Crippen molar-refractivity contribution < 1.29 is 31.9 Å². The molecule has 2 aromatic rings. The van der Waals surface area contributed by atoms with Crippen LogP contribution in [0.15, 0.2) is 42.5 Å². The molecule has 2 aromatic carbocycles. The molecule has 1 aliphatic rings. The first-order valence-corrected chi connectivity index (χ1v) is 8.56. The fourth-order valence-electron chi connectivity index (χ4n) is 3.01. The van der Waals surface area contributed by atoms with Gasteiger partial charge in [-0.05, 0) is 30.3 Å². The Bertz CT molecular complexity index is 933. The first kappa shape index (κ1) is 20.4. The Morgan fingerprint density at radius 1 is 1.21 bits per heavy atom. The van der Waals surface area contributed by atoms with Crippen molar-refractivity contribution in [2.24, 2.45) is 0 Å². The van der Waals surface area contributed by atoms with Gasteiger partial charge in [0, 0.05) is 30.4 Å². The molecule has 0 bridgehead atoms. The molecule has 0 spiro atoms. The summed E-state index contributed by atoms with van der Waals surface area (Å²) in [6, 6.07) is 7.67. The number of rotatable bonds is 4. The van der Waals surface area contributed by atoms with Crippen LogP contribution in [0.4, 0.5) is 33.7 Å². The summed E-state index contributed by atoms with van der Waals surface area (Å²) in [6.45, 7) is 0.191. The summed E-state index contributed by atoms with van der Waals surface area (Å²) in [5.74, 6) is -1.08. The number of amides is 3. The molecule has 1 atom stereocenters. The van der Waals surface area contributed by atoms with Gasteiger partial charge >= 0.3 is 12.2 Å². The van der Waals surface area contributed by atoms with Crippen LogP contribution >= 0.6 is 0 Å². The molecule has 1 heterocycles. The number of nitrogens with zero attached hydrogens (tertiary/aromatic N) is 1. The minimum absolute atomic E-state index is 0.0296. The summed E-state index contributed by atoms with van der Waals surface area (Å²) in [7, 11) is 1.50. The molecule has 29 heavy (non-hydrogen) atoms. The zero-order valence-electron chi connectivity index (χ0n) is 15.2. The number of hydrogen-bond donors (Lipinski definition) is 2. The highest BCUT2D eigenvalue weighted by molar-refractivity contribution is 5.97. The molecule has 1 unspecified atom stereocenters. The molecular formula is C19H17F4N3O3. The van der Waals surface area contributed by atoms with Crippen molar-refractivity contribution in [1.82, 2.24) is 5.32 Å². The molecule has 3 amide bonds. The van der Waals surface area contributed by atoms with Gasteiger partial charge in [0.15, 0.2) is 0 Å². The summed E-state index contributed by atoms with van der Waals surface area (Å²) < 4.78 is 56.8. The van der Waals surface area contributed by atoms with E-state index in [0.717, 1.165) is 6.07 Å². The molecule has 154 valence electrons. The molecule has 2 N–H and O–H groups in total. The maximum absolute atomic E-state index is 13.3. The van der Waals surface area contributed by atoms with Crippen molar-refractivity contribution in [3.8, 4) is 5.75 Å². The fourth-order valence-corrected chi connectivity index (χ4v) is 3.01. The third-order valence-corrected chi connectivity index (χ3v) is 4.35. The van der Waals surface area contributed by atoms with Crippen LogP contribution in [0, 0.1) is 5.82 Å². The molecule has 10 heteroatoms. The molecule has 0 radical (unpaired) electrons. The lowest BCUT2D eigenvalue weighted by Crippen LogP contribution is -2.39. The van der Waals surface area contributed by atoms with E-state index in [9.17, 15) is 27.2 Å². The van der Waals surface area contributed by atoms with Gasteiger partial charge in [-0.25, -0.2) is 9.18 Å². The number of urea groups is 1. The molecule has 0 saturated carbocycles. The highest BCUT2D eigenvalue weighted by Gasteiger charge is 2.35. The Morgan fingerprint density at radius 3 is 2.66 bits per heavy atom. The summed E-state index contributed by atoms with van der Waals surface area (Å²) in [4.78, 5) is 25.9. The van der Waals surface area contributed by atoms with Gasteiger partial charge in [-0.1, -0.05) is 6.07 Å². The van der Waals surface area contributed by atoms with Crippen LogP contribution in [0.25, 0.3) is 0 Å². The fraction of sp³-hybridized carbons (Fsp3) is 0.263. The summed E-state index contributed by atoms with van der Waals surface area (Å²) in [5.41, 5.74) is -1.09. The second-order valence-electron chi connectivity index (χ2n) is 6.40. The van der Waals surface area contributed by atoms with Crippen LogP contribution in [-0.2, 0) is 11.0 Å². The first-order valence-electron chi connectivity index (χ1n) is 8.56. The average Bonchev–Trinajstić information content (AvgIpc) is 3.02. The highest BCUT2D eigenvalue weighted by atomic mass is 19.4. The number of carbonyl (C=O) groups is 2. The molecule has 3 rings (SSSR count). The molecule has 1 aliphatic heterocycles. The predicted molar refractivity (Wildman–Crippen MR) is 97.3 cm³/mol. The average molecular weight is 411 g/mol. The molecule has 1 fully saturated rings. The lowest BCUT2D eigenvalue weighted by molar-refractivity contribution is -0.140. The van der Waals surface area contributed by atoms with Gasteiger partial charge in [0.05, 0.1) is 18.7 Å². The minimum atomic E-state index is -4.88. The topological polar surface area (TPSA) is 70.7 Å². The monoisotopic (exact) mass is 411 g/mol. The van der Waals surface area contributed by atoms with Crippen LogP contribution in [0.2, 0.25) is 0 Å². The standard InChI is InChI=1S/C19H17F4N3O3/c1-29-14-4-2-3-13(9-14)26-10-12(8-17(26)27)25-18(28)24-11-5-6-16(20)15(7-11)19(21,22)23/h2-7,9,12H,8,10H2,1H3,(H2,24,25,28). The van der Waals surface area contributed by atoms with E-state index in [2.05, 4.69) is 10.6 Å². The molecule has 0 aromatic heterocycles. The summed E-state index contributed by atoms with van der Waals surface area (Å²) >= 11 is 0. The van der Waals surface area contributed by atoms with Crippen molar-refractivity contribution in [3.05, 3.63) is 53.8 Å². The first-order chi connectivity index (χ1) is 13.7. The second kappa shape index (κ2) is 7.98. The van der Waals surface area contributed by atoms with E-state index in [0.29, 0.717) is 23.6 Å². The number of ether oxygens (including phenoxy) is 1. The van der Waals surface area contributed by atoms with Crippen molar-refractivity contribution >= 4 is 23.3 Å². The predicted octanol–water partition coefficient (Wildman–Crippen LogP) is 3.78. The number of halogens is 4. The van der Waals surface area contributed by atoms with E-state index in [4.69, 9.17) is 4.74 Å². The Labute approximate surface area is 163 Å². The van der Waals surface area contributed by atoms with Crippen molar-refractivity contribution in [2.75, 3.05) is 23.9 Å². The van der Waals surface area contributed by atoms with Crippen LogP contribution in [0.5, 0.6) is 5.75 Å². The van der Waals surface area contributed by atoms with E-state index >= 15 is 0 Å². The van der Waals surface area contributed by atoms with Crippen LogP contribution < -0.4 is 20.3 Å². The van der Waals surface area contributed by atoms with Crippen LogP contribution in [0.1, 0.15) is 12.0 Å². The lowest BCUT2D eigenvalue weighted by Gasteiger charge is -2.18. The molecule has 0 aliphatic carbocycles. The van der Waals surface area contributed by atoms with E-state index < -0.39 is 29.6 Å². The third-order valence-electron chi connectivity index (χ3n) is 4.35. The molecule has 6 nitrogen and oxygen atoms in total. The number of anilines is 2. The van der Waals surface area contributed by atoms with Crippen molar-refractivity contribution in [3.63, 3.8) is 0 Å². The van der Waals surface area contributed by atoms with Gasteiger partial charge < -0.3 is 20.3 Å². The number of alkyl halides is 3. The van der Waals surface area contributed by atoms with Gasteiger partial charge in [0.25, 0.3) is 0 Å². The number of benzene rings is 2. The minimum Gasteiger partial charge on any atom is -0.497 e. The van der Waals surface area contributed by atoms with Crippen molar-refractivity contribution in [2.45, 2.75) is 18.6 Å². The number of hydrogen-bond acceptors (Lipinski definition) is 3. The molecular weight excluding hydrogens is 394 g/mol. The van der Waals surface area contributed by atoms with E-state index in [-0.39, 0.29) is 24.6 Å². The van der Waals surface area contributed by atoms with Gasteiger partial charge in [0.1, 0.15) is 11.6 Å². The van der Waals surface area contributed by atoms with E-state index in [1.54, 1.807) is 24.3 Å². The number of nitrogens with one attached hydrogen (secondary N) is 2. The van der Waals surface area contributed by atoms with Gasteiger partial charge in [-0.2, -0.15) is 13.2 Å². The quantitative estimate of drug-likeness (QED) is 0.753. The highest BCUT2D eigenvalue weighted by Crippen LogP contribution is 2.33. The zero-order chi connectivity index (χ0) is 21.2. The largest absolute Gasteiger partial charge is 0.497 e. The number of carbonyl (C=O) groups excluding carboxylic acids is 2. The lowest BCUT2D eigenvalue weighted by atomic mass is 10.2. The van der Waals surface area contributed by atoms with Gasteiger partial charge in [-0.3, -0.25) is 4.79 Å². The van der Waals surface area contributed by atoms with E-state index in [1.807, 2.05) is 0 Å². The maximum atomic E-state index is 13.3. The van der Waals surface area contributed by atoms with Crippen molar-refractivity contribution in [1.29, 1.82) is 0 Å². The van der Waals surface area contributed by atoms with E-state index in [1.165, 1.54) is 12.0 Å². The van der Waals surface area contributed by atoms with Crippen LogP contribution in [-0.4, -0.2) is 31.6 Å². The van der Waals surface area contributed by atoms with Crippen LogP contribution in [0.3, 0.4) is 0 Å². The maximum Gasteiger partial charge on any atom is 0.419 e. The Hall–Kier alpha value is -3.30. The summed E-state index contributed by atoms with van der Waals surface area (Å²) in [6.07, 6.45) is -4.85. The Morgan fingerprint density at radius 2 is 1.97 bits per heavy atom. The second-order valence-corrected chi connectivity index (χ2v) is 6.40. The Kier molecular flexibility index (Phi) is 5.62. The smallest absolute Gasteiger partial charge is 0.419 e. The normalized spacial score (nSPS) is 16.7. The summed E-state index contributed by atoms with van der Waals surface area (Å²) in [5, 5.41) is 4.77.